The molecule has 0 saturated heterocycles. The average molecular weight is 158 g/mol. The van der Waals surface area contributed by atoms with Crippen LogP contribution in [0.5, 0.6) is 0 Å². The van der Waals surface area contributed by atoms with E-state index in [9.17, 15) is 4.79 Å². The lowest BCUT2D eigenvalue weighted by Crippen LogP contribution is -2.15. The van der Waals surface area contributed by atoms with Crippen molar-refractivity contribution < 1.29 is 9.90 Å². The third-order valence-corrected chi connectivity index (χ3v) is 2.28. The highest BCUT2D eigenvalue weighted by atomic mass is 16.4. The second-order valence-electron chi connectivity index (χ2n) is 3.70. The van der Waals surface area contributed by atoms with Crippen molar-refractivity contribution >= 4 is 5.97 Å². The molecule has 0 amide bonds. The lowest BCUT2D eigenvalue weighted by atomic mass is 9.89. The second-order valence-corrected chi connectivity index (χ2v) is 3.70. The fraction of sp³-hybridized carbons (Fsp3) is 0.889. The molecule has 0 rings (SSSR count). The molecule has 2 nitrogen and oxygen atoms in total. The highest BCUT2D eigenvalue weighted by Gasteiger charge is 2.16. The summed E-state index contributed by atoms with van der Waals surface area (Å²) in [5.41, 5.74) is 0. The lowest BCUT2D eigenvalue weighted by molar-refractivity contribution is -0.141. The molecule has 2 heteroatoms. The maximum Gasteiger partial charge on any atom is 0.306 e. The number of hydrogen-bond donors (Lipinski definition) is 1. The van der Waals surface area contributed by atoms with E-state index in [1.54, 1.807) is 6.92 Å². The molecule has 11 heavy (non-hydrogen) atoms. The lowest BCUT2D eigenvalue weighted by Gasteiger charge is -2.17. The van der Waals surface area contributed by atoms with Crippen molar-refractivity contribution in [2.24, 2.45) is 17.8 Å². The van der Waals surface area contributed by atoms with Crippen molar-refractivity contribution in [1.29, 1.82) is 0 Å². The zero-order valence-corrected chi connectivity index (χ0v) is 7.79. The van der Waals surface area contributed by atoms with Gasteiger partial charge in [-0.1, -0.05) is 27.7 Å². The molecule has 0 aliphatic heterocycles. The van der Waals surface area contributed by atoms with Crippen LogP contribution in [0.1, 0.15) is 34.1 Å². The molecule has 0 aromatic heterocycles. The van der Waals surface area contributed by atoms with E-state index in [2.05, 4.69) is 20.8 Å². The maximum atomic E-state index is 10.5. The molecule has 1 N–H and O–H groups in total. The molecular formula is C9H18O2. The molecule has 0 aliphatic rings. The zero-order chi connectivity index (χ0) is 9.02. The summed E-state index contributed by atoms with van der Waals surface area (Å²) >= 11 is 0. The van der Waals surface area contributed by atoms with Crippen LogP contribution in [0, 0.1) is 17.8 Å². The van der Waals surface area contributed by atoms with Gasteiger partial charge in [0.15, 0.2) is 0 Å². The highest BCUT2D eigenvalue weighted by Crippen LogP contribution is 2.19. The van der Waals surface area contributed by atoms with E-state index in [-0.39, 0.29) is 5.92 Å². The van der Waals surface area contributed by atoms with Crippen LogP contribution in [0.4, 0.5) is 0 Å². The van der Waals surface area contributed by atoms with Crippen molar-refractivity contribution in [2.75, 3.05) is 0 Å². The van der Waals surface area contributed by atoms with E-state index in [0.29, 0.717) is 11.8 Å². The van der Waals surface area contributed by atoms with Crippen LogP contribution in [0.15, 0.2) is 0 Å². The number of hydrogen-bond acceptors (Lipinski definition) is 1. The van der Waals surface area contributed by atoms with Crippen LogP contribution < -0.4 is 0 Å². The fourth-order valence-corrected chi connectivity index (χ4v) is 0.931. The molecular weight excluding hydrogens is 140 g/mol. The summed E-state index contributed by atoms with van der Waals surface area (Å²) in [7, 11) is 0. The molecule has 0 radical (unpaired) electrons. The third kappa shape index (κ3) is 4.02. The van der Waals surface area contributed by atoms with Gasteiger partial charge in [-0.3, -0.25) is 4.79 Å². The molecule has 0 heterocycles. The summed E-state index contributed by atoms with van der Waals surface area (Å²) < 4.78 is 0. The van der Waals surface area contributed by atoms with Gasteiger partial charge in [-0.05, 0) is 18.3 Å². The van der Waals surface area contributed by atoms with Crippen molar-refractivity contribution in [3.63, 3.8) is 0 Å². The normalized spacial score (nSPS) is 16.5. The largest absolute Gasteiger partial charge is 0.481 e. The maximum absolute atomic E-state index is 10.5. The van der Waals surface area contributed by atoms with E-state index in [0.717, 1.165) is 6.42 Å². The first-order chi connectivity index (χ1) is 4.95. The molecule has 2 atom stereocenters. The standard InChI is InChI=1S/C9H18O2/c1-6(2)7(3)5-8(4)9(10)11/h6-8H,5H2,1-4H3,(H,10,11). The Labute approximate surface area is 68.6 Å². The molecule has 0 aromatic rings. The molecule has 0 aliphatic carbocycles. The van der Waals surface area contributed by atoms with E-state index in [4.69, 9.17) is 5.11 Å². The van der Waals surface area contributed by atoms with E-state index in [1.807, 2.05) is 0 Å². The Morgan fingerprint density at radius 3 is 2.00 bits per heavy atom. The van der Waals surface area contributed by atoms with Gasteiger partial charge in [-0.2, -0.15) is 0 Å². The van der Waals surface area contributed by atoms with Crippen LogP contribution >= 0.6 is 0 Å². The van der Waals surface area contributed by atoms with Crippen molar-refractivity contribution in [1.82, 2.24) is 0 Å². The van der Waals surface area contributed by atoms with Crippen molar-refractivity contribution in [3.05, 3.63) is 0 Å². The van der Waals surface area contributed by atoms with E-state index < -0.39 is 5.97 Å². The van der Waals surface area contributed by atoms with Gasteiger partial charge in [-0.25, -0.2) is 0 Å². The van der Waals surface area contributed by atoms with Gasteiger partial charge in [-0.15, -0.1) is 0 Å². The molecule has 2 unspecified atom stereocenters. The minimum absolute atomic E-state index is 0.201. The van der Waals surface area contributed by atoms with Gasteiger partial charge in [0.1, 0.15) is 0 Å². The smallest absolute Gasteiger partial charge is 0.306 e. The molecule has 0 bridgehead atoms. The van der Waals surface area contributed by atoms with E-state index in [1.165, 1.54) is 0 Å². The van der Waals surface area contributed by atoms with Crippen molar-refractivity contribution in [3.8, 4) is 0 Å². The summed E-state index contributed by atoms with van der Waals surface area (Å²) in [5.74, 6) is 0.197. The number of carbonyl (C=O) groups is 1. The molecule has 66 valence electrons. The zero-order valence-electron chi connectivity index (χ0n) is 7.79. The Hall–Kier alpha value is -0.530. The monoisotopic (exact) mass is 158 g/mol. The highest BCUT2D eigenvalue weighted by molar-refractivity contribution is 5.69. The van der Waals surface area contributed by atoms with Gasteiger partial charge in [0.2, 0.25) is 0 Å². The van der Waals surface area contributed by atoms with Crippen LogP contribution in [0.3, 0.4) is 0 Å². The number of carboxylic acids is 1. The topological polar surface area (TPSA) is 37.3 Å². The summed E-state index contributed by atoms with van der Waals surface area (Å²) in [5, 5.41) is 8.61. The van der Waals surface area contributed by atoms with Gasteiger partial charge < -0.3 is 5.11 Å². The minimum Gasteiger partial charge on any atom is -0.481 e. The SMILES string of the molecule is CC(CC(C)C(C)C)C(=O)O. The second kappa shape index (κ2) is 4.37. The first-order valence-corrected chi connectivity index (χ1v) is 4.18. The Balaban J connectivity index is 3.75. The molecule has 0 aromatic carbocycles. The Kier molecular flexibility index (Phi) is 4.16. The van der Waals surface area contributed by atoms with Crippen LogP contribution in [-0.4, -0.2) is 11.1 Å². The Morgan fingerprint density at radius 2 is 1.73 bits per heavy atom. The third-order valence-electron chi connectivity index (χ3n) is 2.28. The van der Waals surface area contributed by atoms with E-state index >= 15 is 0 Å². The van der Waals surface area contributed by atoms with Crippen LogP contribution in [0.25, 0.3) is 0 Å². The van der Waals surface area contributed by atoms with Crippen LogP contribution in [-0.2, 0) is 4.79 Å². The van der Waals surface area contributed by atoms with Crippen molar-refractivity contribution in [2.45, 2.75) is 34.1 Å². The first-order valence-electron chi connectivity index (χ1n) is 4.18. The number of aliphatic carboxylic acids is 1. The van der Waals surface area contributed by atoms with Gasteiger partial charge in [0.05, 0.1) is 5.92 Å². The summed E-state index contributed by atoms with van der Waals surface area (Å²) in [6.45, 7) is 8.11. The Bertz CT molecular complexity index is 130. The number of rotatable bonds is 4. The first kappa shape index (κ1) is 10.5. The predicted molar refractivity (Wildman–Crippen MR) is 45.4 cm³/mol. The quantitative estimate of drug-likeness (QED) is 0.682. The van der Waals surface area contributed by atoms with Gasteiger partial charge in [0.25, 0.3) is 0 Å². The summed E-state index contributed by atoms with van der Waals surface area (Å²) in [6.07, 6.45) is 0.785. The molecule has 0 spiro atoms. The minimum atomic E-state index is -0.683. The average Bonchev–Trinajstić information content (AvgIpc) is 1.87. The number of carboxylic acid groups (broad SMARTS) is 1. The Morgan fingerprint density at radius 1 is 1.27 bits per heavy atom. The summed E-state index contributed by atoms with van der Waals surface area (Å²) in [4.78, 5) is 10.5. The molecule has 0 saturated carbocycles. The van der Waals surface area contributed by atoms with Crippen LogP contribution in [0.2, 0.25) is 0 Å². The van der Waals surface area contributed by atoms with Gasteiger partial charge >= 0.3 is 5.97 Å². The predicted octanol–water partition coefficient (Wildman–Crippen LogP) is 2.39. The summed E-state index contributed by atoms with van der Waals surface area (Å²) in [6, 6.07) is 0. The molecule has 0 fully saturated rings. The fourth-order valence-electron chi connectivity index (χ4n) is 0.931. The van der Waals surface area contributed by atoms with Gasteiger partial charge in [0, 0.05) is 0 Å².